The summed E-state index contributed by atoms with van der Waals surface area (Å²) in [6.45, 7) is 23.0. The molecule has 1 aliphatic rings. The van der Waals surface area contributed by atoms with Crippen molar-refractivity contribution in [2.45, 2.75) is 93.4 Å². The zero-order valence-electron chi connectivity index (χ0n) is 24.6. The minimum Gasteiger partial charge on any atom is -0.508 e. The second kappa shape index (κ2) is 9.76. The van der Waals surface area contributed by atoms with Crippen molar-refractivity contribution in [3.8, 4) is 11.5 Å². The van der Waals surface area contributed by atoms with Crippen LogP contribution in [0.5, 0.6) is 11.5 Å². The third kappa shape index (κ3) is 6.33. The van der Waals surface area contributed by atoms with Crippen molar-refractivity contribution in [1.82, 2.24) is 0 Å². The molecule has 37 heavy (non-hydrogen) atoms. The first kappa shape index (κ1) is 28.7. The predicted octanol–water partition coefficient (Wildman–Crippen LogP) is 8.81. The number of phenolic OH excluding ortho intramolecular Hbond substituents is 2. The maximum absolute atomic E-state index is 11.5. The highest BCUT2D eigenvalue weighted by Gasteiger charge is 2.25. The predicted molar refractivity (Wildman–Crippen MR) is 156 cm³/mol. The summed E-state index contributed by atoms with van der Waals surface area (Å²) >= 11 is 0. The molecule has 0 unspecified atom stereocenters. The molecule has 0 atom stereocenters. The monoisotopic (exact) mass is 501 g/mol. The van der Waals surface area contributed by atoms with Crippen molar-refractivity contribution >= 4 is 6.08 Å². The summed E-state index contributed by atoms with van der Waals surface area (Å²) in [7, 11) is 0. The van der Waals surface area contributed by atoms with Gasteiger partial charge in [-0.15, -0.1) is 29.4 Å². The third-order valence-electron chi connectivity index (χ3n) is 7.01. The van der Waals surface area contributed by atoms with Crippen molar-refractivity contribution in [3.05, 3.63) is 92.6 Å². The van der Waals surface area contributed by atoms with E-state index in [1.165, 1.54) is 0 Å². The van der Waals surface area contributed by atoms with E-state index < -0.39 is 0 Å². The maximum atomic E-state index is 11.5. The van der Waals surface area contributed by atoms with Gasteiger partial charge in [0, 0.05) is 6.42 Å². The van der Waals surface area contributed by atoms with E-state index >= 15 is 0 Å². The number of allylic oxidation sites excluding steroid dienone is 2. The maximum Gasteiger partial charge on any atom is 0.122 e. The van der Waals surface area contributed by atoms with E-state index in [1.54, 1.807) is 0 Å². The number of aromatic hydroxyl groups is 2. The van der Waals surface area contributed by atoms with Gasteiger partial charge in [-0.05, 0) is 57.1 Å². The van der Waals surface area contributed by atoms with E-state index in [9.17, 15) is 15.3 Å². The molecule has 2 aromatic rings. The Morgan fingerprint density at radius 2 is 1.32 bits per heavy atom. The number of phenols is 2. The molecular weight excluding hydrogens is 456 g/mol. The molecule has 0 heterocycles. The van der Waals surface area contributed by atoms with Gasteiger partial charge in [-0.1, -0.05) is 105 Å². The van der Waals surface area contributed by atoms with Gasteiger partial charge >= 0.3 is 0 Å². The van der Waals surface area contributed by atoms with Crippen LogP contribution in [0.25, 0.3) is 6.08 Å². The molecule has 0 spiro atoms. The summed E-state index contributed by atoms with van der Waals surface area (Å²) in [5.41, 5.74) is 7.32. The van der Waals surface area contributed by atoms with Gasteiger partial charge in [0.15, 0.2) is 0 Å². The number of aliphatic hydroxyl groups excluding tert-OH is 1. The average Bonchev–Trinajstić information content (AvgIpc) is 2.73. The van der Waals surface area contributed by atoms with Crippen molar-refractivity contribution in [3.63, 3.8) is 0 Å². The lowest BCUT2D eigenvalue weighted by Gasteiger charge is -2.37. The number of benzene rings is 2. The van der Waals surface area contributed by atoms with Crippen LogP contribution in [-0.2, 0) is 17.3 Å². The molecule has 0 amide bonds. The molecule has 0 bridgehead atoms. The molecule has 0 radical (unpaired) electrons. The minimum absolute atomic E-state index is 0.151. The standard InChI is InChI=1S/C34H45O3/c1-20-12-22(30(36)27(14-20)33(6,7)8)16-24-18-26(32(3,4)5)19-25(29(24)35)17-23-13-21(2)15-28(31(23)37)34(9,10)11/h12-16,18-19,35-37H,17H2,1-11H3/q-1/b22-16+. The molecule has 2 aromatic carbocycles. The van der Waals surface area contributed by atoms with Gasteiger partial charge in [0.1, 0.15) is 11.5 Å². The van der Waals surface area contributed by atoms with Gasteiger partial charge in [0.25, 0.3) is 0 Å². The Balaban J connectivity index is 2.19. The lowest BCUT2D eigenvalue weighted by molar-refractivity contribution is 0.315. The van der Waals surface area contributed by atoms with Crippen molar-refractivity contribution in [2.75, 3.05) is 0 Å². The van der Waals surface area contributed by atoms with Crippen LogP contribution < -0.4 is 0 Å². The van der Waals surface area contributed by atoms with Crippen LogP contribution in [0.4, 0.5) is 0 Å². The van der Waals surface area contributed by atoms with Gasteiger partial charge in [-0.2, -0.15) is 0 Å². The highest BCUT2D eigenvalue weighted by atomic mass is 16.3. The first-order valence-electron chi connectivity index (χ1n) is 13.2. The number of rotatable bonds is 3. The molecule has 200 valence electrons. The van der Waals surface area contributed by atoms with Gasteiger partial charge in [-0.3, -0.25) is 0 Å². The number of hydrogen-bond acceptors (Lipinski definition) is 3. The largest absolute Gasteiger partial charge is 0.508 e. The van der Waals surface area contributed by atoms with E-state index in [2.05, 4.69) is 62.3 Å². The second-order valence-corrected chi connectivity index (χ2v) is 13.7. The second-order valence-electron chi connectivity index (χ2n) is 13.7. The minimum atomic E-state index is -0.216. The first-order valence-corrected chi connectivity index (χ1v) is 13.2. The average molecular weight is 502 g/mol. The van der Waals surface area contributed by atoms with Crippen LogP contribution in [0.3, 0.4) is 0 Å². The van der Waals surface area contributed by atoms with E-state index in [0.29, 0.717) is 17.6 Å². The van der Waals surface area contributed by atoms with Crippen LogP contribution in [0.15, 0.2) is 53.1 Å². The Labute approximate surface area is 224 Å². The van der Waals surface area contributed by atoms with Crippen molar-refractivity contribution in [2.24, 2.45) is 5.41 Å². The zero-order valence-corrected chi connectivity index (χ0v) is 24.6. The summed E-state index contributed by atoms with van der Waals surface area (Å²) in [4.78, 5) is 0. The Morgan fingerprint density at radius 1 is 0.730 bits per heavy atom. The van der Waals surface area contributed by atoms with Crippen LogP contribution >= 0.6 is 0 Å². The van der Waals surface area contributed by atoms with Crippen LogP contribution in [0.2, 0.25) is 0 Å². The molecule has 0 aliphatic heterocycles. The smallest absolute Gasteiger partial charge is 0.122 e. The van der Waals surface area contributed by atoms with Crippen molar-refractivity contribution in [1.29, 1.82) is 0 Å². The normalized spacial score (nSPS) is 16.2. The quantitative estimate of drug-likeness (QED) is 0.368. The van der Waals surface area contributed by atoms with Crippen LogP contribution in [0, 0.1) is 18.4 Å². The molecular formula is C34H45O3-. The van der Waals surface area contributed by atoms with Crippen LogP contribution in [0.1, 0.15) is 103 Å². The lowest BCUT2D eigenvalue weighted by Crippen LogP contribution is -2.20. The Hall–Kier alpha value is -2.91. The fraction of sp³-hybridized carbons (Fsp3) is 0.441. The molecule has 0 fully saturated rings. The summed E-state index contributed by atoms with van der Waals surface area (Å²) in [6, 6.07) is 8.09. The Bertz CT molecular complexity index is 1280. The Morgan fingerprint density at radius 3 is 1.86 bits per heavy atom. The first-order chi connectivity index (χ1) is 16.8. The van der Waals surface area contributed by atoms with Crippen molar-refractivity contribution < 1.29 is 15.3 Å². The zero-order chi connectivity index (χ0) is 28.1. The fourth-order valence-corrected chi connectivity index (χ4v) is 4.82. The topological polar surface area (TPSA) is 60.7 Å². The number of aryl methyl sites for hydroxylation is 1. The van der Waals surface area contributed by atoms with E-state index in [-0.39, 0.29) is 33.8 Å². The number of hydrogen-bond donors (Lipinski definition) is 3. The molecule has 1 aliphatic carbocycles. The summed E-state index contributed by atoms with van der Waals surface area (Å²) in [5.74, 6) is 0.458. The Kier molecular flexibility index (Phi) is 7.56. The van der Waals surface area contributed by atoms with E-state index in [0.717, 1.165) is 39.0 Å². The molecule has 0 saturated carbocycles. The summed E-state index contributed by atoms with van der Waals surface area (Å²) in [5, 5.41) is 33.8. The van der Waals surface area contributed by atoms with Crippen LogP contribution in [-0.4, -0.2) is 15.3 Å². The highest BCUT2D eigenvalue weighted by molar-refractivity contribution is 5.71. The summed E-state index contributed by atoms with van der Waals surface area (Å²) in [6.07, 6.45) is 6.50. The molecule has 3 N–H and O–H groups in total. The SMILES string of the molecule is CC1=C/C(=C\c2cc(C(C)(C)C)cc(Cc3cc(C)cc(C(C)(C)C)c3O)c2O)[C-](O)C(C(C)(C)C)=C1. The molecule has 3 nitrogen and oxygen atoms in total. The third-order valence-corrected chi connectivity index (χ3v) is 7.01. The van der Waals surface area contributed by atoms with Gasteiger partial charge in [-0.25, -0.2) is 0 Å². The van der Waals surface area contributed by atoms with Gasteiger partial charge < -0.3 is 15.3 Å². The summed E-state index contributed by atoms with van der Waals surface area (Å²) < 4.78 is 0. The molecule has 3 heteroatoms. The number of aliphatic hydroxyl groups is 1. The van der Waals surface area contributed by atoms with E-state index in [4.69, 9.17) is 0 Å². The lowest BCUT2D eigenvalue weighted by atomic mass is 9.76. The molecule has 0 saturated heterocycles. The van der Waals surface area contributed by atoms with Gasteiger partial charge in [0.2, 0.25) is 0 Å². The molecule has 0 aromatic heterocycles. The fourth-order valence-electron chi connectivity index (χ4n) is 4.82. The highest BCUT2D eigenvalue weighted by Crippen LogP contribution is 2.42. The molecule has 3 rings (SSSR count). The van der Waals surface area contributed by atoms with E-state index in [1.807, 2.05) is 56.3 Å². The van der Waals surface area contributed by atoms with Gasteiger partial charge in [0.05, 0.1) is 0 Å².